The molecule has 144 valence electrons. The molecule has 2 aromatic rings. The second-order valence-electron chi connectivity index (χ2n) is 6.77. The van der Waals surface area contributed by atoms with Gasteiger partial charge in [-0.2, -0.15) is 0 Å². The Morgan fingerprint density at radius 1 is 1.04 bits per heavy atom. The lowest BCUT2D eigenvalue weighted by Crippen LogP contribution is -2.40. The van der Waals surface area contributed by atoms with Crippen molar-refractivity contribution in [2.45, 2.75) is 25.6 Å². The molecule has 7 nitrogen and oxygen atoms in total. The number of rotatable bonds is 3. The minimum absolute atomic E-state index is 0.133. The van der Waals surface area contributed by atoms with Crippen LogP contribution >= 0.6 is 0 Å². The molecule has 1 heterocycles. The number of carbonyl (C=O) groups excluding carboxylic acids is 2. The molecule has 0 spiro atoms. The number of hydrogen-bond acceptors (Lipinski definition) is 6. The van der Waals surface area contributed by atoms with Crippen molar-refractivity contribution in [3.05, 3.63) is 46.5 Å². The molecule has 0 saturated heterocycles. The number of ketones is 2. The van der Waals surface area contributed by atoms with Crippen molar-refractivity contribution in [1.82, 2.24) is 0 Å². The molecule has 1 aliphatic heterocycles. The summed E-state index contributed by atoms with van der Waals surface area (Å²) in [5, 5.41) is 10.6. The van der Waals surface area contributed by atoms with E-state index in [1.54, 1.807) is 31.2 Å². The van der Waals surface area contributed by atoms with Crippen molar-refractivity contribution in [3.8, 4) is 11.5 Å². The van der Waals surface area contributed by atoms with Crippen LogP contribution < -0.4 is 9.47 Å². The summed E-state index contributed by atoms with van der Waals surface area (Å²) in [6.07, 6.45) is -2.06. The predicted octanol–water partition coefficient (Wildman–Crippen LogP) is 2.79. The lowest BCUT2D eigenvalue weighted by molar-refractivity contribution is -0.153. The Bertz CT molecular complexity index is 1080. The monoisotopic (exact) mass is 382 g/mol. The summed E-state index contributed by atoms with van der Waals surface area (Å²) in [6, 6.07) is 6.71. The Kier molecular flexibility index (Phi) is 4.19. The number of aliphatic carboxylic acids is 1. The molecule has 0 saturated carbocycles. The molecule has 1 aliphatic carbocycles. The van der Waals surface area contributed by atoms with Crippen LogP contribution in [0.25, 0.3) is 10.8 Å². The molecule has 0 fully saturated rings. The number of methoxy groups -OCH3 is 2. The average molecular weight is 382 g/mol. The van der Waals surface area contributed by atoms with Crippen LogP contribution in [0.4, 0.5) is 0 Å². The van der Waals surface area contributed by atoms with Gasteiger partial charge in [0.25, 0.3) is 0 Å². The van der Waals surface area contributed by atoms with Gasteiger partial charge in [0, 0.05) is 39.5 Å². The molecular weight excluding hydrogens is 364 g/mol. The zero-order chi connectivity index (χ0) is 20.2. The van der Waals surface area contributed by atoms with Gasteiger partial charge >= 0.3 is 5.97 Å². The minimum Gasteiger partial charge on any atom is -0.496 e. The van der Waals surface area contributed by atoms with Crippen LogP contribution in [0.1, 0.15) is 34.1 Å². The second kappa shape index (κ2) is 6.45. The van der Waals surface area contributed by atoms with Crippen LogP contribution in [0, 0.1) is 0 Å². The Morgan fingerprint density at radius 3 is 2.07 bits per heavy atom. The maximum Gasteiger partial charge on any atom is 0.333 e. The number of fused-ring (bicyclic) bond motifs is 2. The molecule has 4 rings (SSSR count). The third kappa shape index (κ3) is 2.51. The summed E-state index contributed by atoms with van der Waals surface area (Å²) >= 11 is 0. The summed E-state index contributed by atoms with van der Waals surface area (Å²) in [5.74, 6) is -0.736. The zero-order valence-corrected chi connectivity index (χ0v) is 15.6. The van der Waals surface area contributed by atoms with Crippen LogP contribution in [0.5, 0.6) is 11.5 Å². The topological polar surface area (TPSA) is 99.1 Å². The molecular formula is C21H18O7. The second-order valence-corrected chi connectivity index (χ2v) is 6.77. The average Bonchev–Trinajstić information content (AvgIpc) is 2.69. The van der Waals surface area contributed by atoms with Gasteiger partial charge in [0.05, 0.1) is 20.3 Å². The van der Waals surface area contributed by atoms with Crippen LogP contribution in [0.15, 0.2) is 35.4 Å². The normalized spacial score (nSPS) is 21.4. The van der Waals surface area contributed by atoms with Crippen LogP contribution in [-0.4, -0.2) is 49.1 Å². The maximum atomic E-state index is 13.2. The Balaban J connectivity index is 1.95. The van der Waals surface area contributed by atoms with Gasteiger partial charge in [-0.05, 0) is 31.2 Å². The third-order valence-corrected chi connectivity index (χ3v) is 5.29. The minimum atomic E-state index is -1.16. The maximum absolute atomic E-state index is 13.2. The number of hydrogen-bond donors (Lipinski definition) is 1. The largest absolute Gasteiger partial charge is 0.496 e. The lowest BCUT2D eigenvalue weighted by atomic mass is 9.78. The number of Topliss-reactive ketones (excluding diaryl/α,β-unsaturated/α-hetero) is 2. The van der Waals surface area contributed by atoms with Crippen LogP contribution in [0.3, 0.4) is 0 Å². The lowest BCUT2D eigenvalue weighted by Gasteiger charge is -2.32. The summed E-state index contributed by atoms with van der Waals surface area (Å²) in [6.45, 7) is 1.59. The smallest absolute Gasteiger partial charge is 0.333 e. The fourth-order valence-corrected chi connectivity index (χ4v) is 3.96. The van der Waals surface area contributed by atoms with Gasteiger partial charge in [-0.3, -0.25) is 9.59 Å². The molecule has 2 unspecified atom stereocenters. The Hall–Kier alpha value is -3.19. The number of carboxylic acids is 1. The molecule has 0 radical (unpaired) electrons. The molecule has 7 heteroatoms. The van der Waals surface area contributed by atoms with Crippen molar-refractivity contribution in [2.24, 2.45) is 0 Å². The predicted molar refractivity (Wildman–Crippen MR) is 99.3 cm³/mol. The fourth-order valence-electron chi connectivity index (χ4n) is 3.96. The Morgan fingerprint density at radius 2 is 1.57 bits per heavy atom. The van der Waals surface area contributed by atoms with Crippen LogP contribution in [-0.2, 0) is 9.53 Å². The molecule has 0 amide bonds. The number of carboxylic acid groups (broad SMARTS) is 1. The van der Waals surface area contributed by atoms with Gasteiger partial charge in [-0.25, -0.2) is 4.79 Å². The quantitative estimate of drug-likeness (QED) is 0.871. The van der Waals surface area contributed by atoms with Crippen molar-refractivity contribution >= 4 is 28.3 Å². The number of benzene rings is 2. The van der Waals surface area contributed by atoms with E-state index >= 15 is 0 Å². The Labute approximate surface area is 160 Å². The van der Waals surface area contributed by atoms with E-state index < -0.39 is 18.2 Å². The first kappa shape index (κ1) is 18.2. The van der Waals surface area contributed by atoms with Crippen molar-refractivity contribution in [3.63, 3.8) is 0 Å². The highest BCUT2D eigenvalue weighted by Gasteiger charge is 2.42. The molecule has 0 aromatic heterocycles. The first-order valence-corrected chi connectivity index (χ1v) is 8.76. The van der Waals surface area contributed by atoms with Gasteiger partial charge in [-0.1, -0.05) is 0 Å². The van der Waals surface area contributed by atoms with Crippen molar-refractivity contribution in [2.75, 3.05) is 14.2 Å². The first-order valence-electron chi connectivity index (χ1n) is 8.76. The molecule has 0 bridgehead atoms. The van der Waals surface area contributed by atoms with Gasteiger partial charge < -0.3 is 19.3 Å². The van der Waals surface area contributed by atoms with Crippen LogP contribution in [0.2, 0.25) is 0 Å². The van der Waals surface area contributed by atoms with E-state index in [0.29, 0.717) is 22.3 Å². The van der Waals surface area contributed by atoms with Crippen molar-refractivity contribution in [1.29, 1.82) is 0 Å². The summed E-state index contributed by atoms with van der Waals surface area (Å²) in [7, 11) is 3.04. The van der Waals surface area contributed by atoms with E-state index in [1.165, 1.54) is 14.2 Å². The standard InChI is InChI=1S/C21H18O7/c1-9-18-14(8-17(28-9)21(24)25)19(22)12-6-10-11(7-13(12)20(18)23)16(27-3)5-4-15(10)26-2/h4-7,9,17H,8H2,1-3H3,(H,24,25). The molecule has 1 N–H and O–H groups in total. The highest BCUT2D eigenvalue weighted by atomic mass is 16.5. The van der Waals surface area contributed by atoms with Crippen molar-refractivity contribution < 1.29 is 33.7 Å². The third-order valence-electron chi connectivity index (χ3n) is 5.29. The highest BCUT2D eigenvalue weighted by molar-refractivity contribution is 6.29. The van der Waals surface area contributed by atoms with Gasteiger partial charge in [0.15, 0.2) is 17.7 Å². The summed E-state index contributed by atoms with van der Waals surface area (Å²) in [5.41, 5.74) is 0.939. The molecule has 28 heavy (non-hydrogen) atoms. The molecule has 2 aromatic carbocycles. The van der Waals surface area contributed by atoms with E-state index in [1.807, 2.05) is 0 Å². The SMILES string of the molecule is COc1ccc(OC)c2cc3c(cc12)C(=O)C1=C(C3=O)C(C)OC(C(=O)O)C1. The zero-order valence-electron chi connectivity index (χ0n) is 15.6. The summed E-state index contributed by atoms with van der Waals surface area (Å²) in [4.78, 5) is 37.7. The fraction of sp³-hybridized carbons (Fsp3) is 0.286. The van der Waals surface area contributed by atoms with Gasteiger partial charge in [0.2, 0.25) is 0 Å². The van der Waals surface area contributed by atoms with Gasteiger partial charge in [0.1, 0.15) is 11.5 Å². The van der Waals surface area contributed by atoms with Gasteiger partial charge in [-0.15, -0.1) is 0 Å². The highest BCUT2D eigenvalue weighted by Crippen LogP contribution is 2.41. The number of ether oxygens (including phenoxy) is 3. The summed E-state index contributed by atoms with van der Waals surface area (Å²) < 4.78 is 16.2. The van der Waals surface area contributed by atoms with E-state index in [2.05, 4.69) is 0 Å². The first-order chi connectivity index (χ1) is 13.4. The van der Waals surface area contributed by atoms with E-state index in [4.69, 9.17) is 14.2 Å². The van der Waals surface area contributed by atoms with E-state index in [9.17, 15) is 19.5 Å². The molecule has 2 aliphatic rings. The van der Waals surface area contributed by atoms with E-state index in [-0.39, 0.29) is 40.3 Å². The number of carbonyl (C=O) groups is 3. The molecule has 2 atom stereocenters. The van der Waals surface area contributed by atoms with E-state index in [0.717, 1.165) is 0 Å².